The number of nitrogens with zero attached hydrogens (tertiary/aromatic N) is 1. The molecule has 1 aliphatic heterocycles. The molecule has 4 N–H and O–H groups in total. The Bertz CT molecular complexity index is 1040. The van der Waals surface area contributed by atoms with Gasteiger partial charge in [-0.2, -0.15) is 4.31 Å². The first kappa shape index (κ1) is 21.0. The average Bonchev–Trinajstić information content (AvgIpc) is 3.03. The van der Waals surface area contributed by atoms with Crippen molar-refractivity contribution >= 4 is 32.9 Å². The Labute approximate surface area is 169 Å². The van der Waals surface area contributed by atoms with Crippen LogP contribution in [0, 0.1) is 6.92 Å². The summed E-state index contributed by atoms with van der Waals surface area (Å²) < 4.78 is 26.6. The van der Waals surface area contributed by atoms with Gasteiger partial charge in [-0.05, 0) is 36.8 Å². The van der Waals surface area contributed by atoms with E-state index in [1.807, 2.05) is 25.1 Å². The number of hydrogen-bond donors (Lipinski definition) is 4. The minimum absolute atomic E-state index is 0.0234. The largest absolute Gasteiger partial charge is 0.395 e. The van der Waals surface area contributed by atoms with Gasteiger partial charge in [0.1, 0.15) is 0 Å². The molecule has 0 atom stereocenters. The van der Waals surface area contributed by atoms with Crippen LogP contribution in [-0.2, 0) is 14.8 Å². The molecule has 0 saturated carbocycles. The standard InChI is InChI=1S/C20H23N3O5S/c1-14-4-2-7-18-19(14)17(20(26)22-18)13-21-15-5-3-6-16(12-15)29(27,28)23(8-10-24)9-11-25/h2-7,12-13,21,24-25H,8-11H2,1H3,(H,22,26)/b17-13-. The highest BCUT2D eigenvalue weighted by atomic mass is 32.2. The number of carbonyl (C=O) groups is 1. The SMILES string of the molecule is Cc1cccc2c1/C(=C/Nc1cccc(S(=O)(=O)N(CCO)CCO)c1)C(=O)N2. The Morgan fingerprint density at radius 2 is 1.79 bits per heavy atom. The Kier molecular flexibility index (Phi) is 6.33. The van der Waals surface area contributed by atoms with Crippen LogP contribution < -0.4 is 10.6 Å². The number of sulfonamides is 1. The van der Waals surface area contributed by atoms with Crippen LogP contribution in [0.2, 0.25) is 0 Å². The van der Waals surface area contributed by atoms with Crippen molar-refractivity contribution in [1.82, 2.24) is 4.31 Å². The van der Waals surface area contributed by atoms with E-state index in [9.17, 15) is 13.2 Å². The molecule has 0 unspecified atom stereocenters. The van der Waals surface area contributed by atoms with Crippen LogP contribution in [0.4, 0.5) is 11.4 Å². The summed E-state index contributed by atoms with van der Waals surface area (Å²) in [5.74, 6) is -0.234. The number of aliphatic hydroxyl groups excluding tert-OH is 2. The zero-order valence-corrected chi connectivity index (χ0v) is 16.7. The lowest BCUT2D eigenvalue weighted by molar-refractivity contribution is -0.110. The first-order valence-electron chi connectivity index (χ1n) is 9.08. The molecule has 2 aromatic carbocycles. The zero-order chi connectivity index (χ0) is 21.0. The van der Waals surface area contributed by atoms with E-state index in [-0.39, 0.29) is 37.1 Å². The van der Waals surface area contributed by atoms with Gasteiger partial charge < -0.3 is 20.8 Å². The number of fused-ring (bicyclic) bond motifs is 1. The van der Waals surface area contributed by atoms with E-state index < -0.39 is 10.0 Å². The average molecular weight is 417 g/mol. The molecule has 1 amide bonds. The Morgan fingerprint density at radius 1 is 1.10 bits per heavy atom. The minimum atomic E-state index is -3.88. The molecule has 29 heavy (non-hydrogen) atoms. The molecule has 1 heterocycles. The van der Waals surface area contributed by atoms with Crippen molar-refractivity contribution in [2.24, 2.45) is 0 Å². The molecule has 3 rings (SSSR count). The molecule has 154 valence electrons. The first-order chi connectivity index (χ1) is 13.9. The summed E-state index contributed by atoms with van der Waals surface area (Å²) in [6, 6.07) is 11.8. The fourth-order valence-corrected chi connectivity index (χ4v) is 4.67. The lowest BCUT2D eigenvalue weighted by Gasteiger charge is -2.20. The van der Waals surface area contributed by atoms with Crippen molar-refractivity contribution in [3.63, 3.8) is 0 Å². The second kappa shape index (κ2) is 8.75. The van der Waals surface area contributed by atoms with Gasteiger partial charge in [-0.15, -0.1) is 0 Å². The van der Waals surface area contributed by atoms with Crippen molar-refractivity contribution in [2.45, 2.75) is 11.8 Å². The molecule has 0 saturated heterocycles. The number of benzene rings is 2. The second-order valence-electron chi connectivity index (χ2n) is 6.53. The summed E-state index contributed by atoms with van der Waals surface area (Å²) in [5, 5.41) is 24.0. The third kappa shape index (κ3) is 4.33. The summed E-state index contributed by atoms with van der Waals surface area (Å²) in [7, 11) is -3.88. The fraction of sp³-hybridized carbons (Fsp3) is 0.250. The number of nitrogens with one attached hydrogen (secondary N) is 2. The molecule has 1 aliphatic rings. The normalized spacial score (nSPS) is 14.9. The Morgan fingerprint density at radius 3 is 2.48 bits per heavy atom. The topological polar surface area (TPSA) is 119 Å². The van der Waals surface area contributed by atoms with Gasteiger partial charge in [0.05, 0.1) is 23.7 Å². The molecule has 0 radical (unpaired) electrons. The van der Waals surface area contributed by atoms with Gasteiger partial charge in [-0.25, -0.2) is 8.42 Å². The lowest BCUT2D eigenvalue weighted by Crippen LogP contribution is -2.35. The summed E-state index contributed by atoms with van der Waals surface area (Å²) in [4.78, 5) is 12.3. The van der Waals surface area contributed by atoms with Crippen LogP contribution in [0.3, 0.4) is 0 Å². The molecule has 0 aliphatic carbocycles. The summed E-state index contributed by atoms with van der Waals surface area (Å²) in [6.45, 7) is 0.993. The van der Waals surface area contributed by atoms with E-state index in [2.05, 4.69) is 10.6 Å². The highest BCUT2D eigenvalue weighted by Crippen LogP contribution is 2.34. The van der Waals surface area contributed by atoms with Gasteiger partial charge in [0.25, 0.3) is 5.91 Å². The summed E-state index contributed by atoms with van der Waals surface area (Å²) >= 11 is 0. The van der Waals surface area contributed by atoms with E-state index in [0.717, 1.165) is 21.1 Å². The van der Waals surface area contributed by atoms with Gasteiger partial charge in [0, 0.05) is 36.2 Å². The van der Waals surface area contributed by atoms with E-state index in [4.69, 9.17) is 10.2 Å². The molecular formula is C20H23N3O5S. The predicted octanol–water partition coefficient (Wildman–Crippen LogP) is 1.38. The van der Waals surface area contributed by atoms with Gasteiger partial charge in [0.2, 0.25) is 10.0 Å². The third-order valence-electron chi connectivity index (χ3n) is 4.59. The van der Waals surface area contributed by atoms with Crippen LogP contribution in [0.15, 0.2) is 53.6 Å². The number of aryl methyl sites for hydroxylation is 1. The number of aliphatic hydroxyl groups is 2. The van der Waals surface area contributed by atoms with Gasteiger partial charge in [-0.1, -0.05) is 18.2 Å². The van der Waals surface area contributed by atoms with E-state index in [1.165, 1.54) is 12.1 Å². The van der Waals surface area contributed by atoms with Crippen molar-refractivity contribution in [3.05, 3.63) is 59.8 Å². The summed E-state index contributed by atoms with van der Waals surface area (Å²) in [5.41, 5.74) is 3.46. The Hall–Kier alpha value is -2.72. The number of hydrogen-bond acceptors (Lipinski definition) is 6. The maximum Gasteiger partial charge on any atom is 0.257 e. The highest BCUT2D eigenvalue weighted by Gasteiger charge is 2.26. The lowest BCUT2D eigenvalue weighted by atomic mass is 10.0. The maximum absolute atomic E-state index is 12.8. The zero-order valence-electron chi connectivity index (χ0n) is 15.9. The monoisotopic (exact) mass is 417 g/mol. The molecule has 2 aromatic rings. The number of carbonyl (C=O) groups excluding carboxylic acids is 1. The van der Waals surface area contributed by atoms with Crippen molar-refractivity contribution in [3.8, 4) is 0 Å². The molecular weight excluding hydrogens is 394 g/mol. The quantitative estimate of drug-likeness (QED) is 0.482. The van der Waals surface area contributed by atoms with Crippen LogP contribution in [0.25, 0.3) is 5.57 Å². The third-order valence-corrected chi connectivity index (χ3v) is 6.48. The second-order valence-corrected chi connectivity index (χ2v) is 8.47. The number of amides is 1. The van der Waals surface area contributed by atoms with Crippen LogP contribution in [0.1, 0.15) is 11.1 Å². The van der Waals surface area contributed by atoms with Crippen LogP contribution in [0.5, 0.6) is 0 Å². The number of rotatable bonds is 8. The first-order valence-corrected chi connectivity index (χ1v) is 10.5. The molecule has 9 heteroatoms. The highest BCUT2D eigenvalue weighted by molar-refractivity contribution is 7.89. The molecule has 8 nitrogen and oxygen atoms in total. The molecule has 0 fully saturated rings. The minimum Gasteiger partial charge on any atom is -0.395 e. The van der Waals surface area contributed by atoms with Gasteiger partial charge in [-0.3, -0.25) is 4.79 Å². The van der Waals surface area contributed by atoms with Crippen molar-refractivity contribution in [2.75, 3.05) is 36.9 Å². The maximum atomic E-state index is 12.8. The van der Waals surface area contributed by atoms with Crippen LogP contribution >= 0.6 is 0 Å². The van der Waals surface area contributed by atoms with E-state index >= 15 is 0 Å². The van der Waals surface area contributed by atoms with Gasteiger partial charge >= 0.3 is 0 Å². The number of anilines is 2. The molecule has 0 spiro atoms. The van der Waals surface area contributed by atoms with Crippen molar-refractivity contribution in [1.29, 1.82) is 0 Å². The fourth-order valence-electron chi connectivity index (χ4n) is 3.20. The predicted molar refractivity (Wildman–Crippen MR) is 111 cm³/mol. The van der Waals surface area contributed by atoms with Crippen molar-refractivity contribution < 1.29 is 23.4 Å². The van der Waals surface area contributed by atoms with Gasteiger partial charge in [0.15, 0.2) is 0 Å². The molecule has 0 bridgehead atoms. The van der Waals surface area contributed by atoms with Crippen LogP contribution in [-0.4, -0.2) is 55.1 Å². The summed E-state index contributed by atoms with van der Waals surface area (Å²) in [6.07, 6.45) is 1.55. The smallest absolute Gasteiger partial charge is 0.257 e. The van der Waals surface area contributed by atoms with E-state index in [0.29, 0.717) is 11.3 Å². The Balaban J connectivity index is 1.88. The molecule has 0 aromatic heterocycles. The van der Waals surface area contributed by atoms with E-state index in [1.54, 1.807) is 18.3 Å².